The minimum atomic E-state index is -0.848. The maximum atomic E-state index is 12.1. The zero-order chi connectivity index (χ0) is 17.2. The maximum absolute atomic E-state index is 12.1. The van der Waals surface area contributed by atoms with Crippen molar-refractivity contribution in [3.05, 3.63) is 35.9 Å². The first-order valence-corrected chi connectivity index (χ1v) is 7.62. The van der Waals surface area contributed by atoms with Crippen LogP contribution >= 0.6 is 0 Å². The number of carbonyl (C=O) groups is 2. The molecule has 0 heterocycles. The zero-order valence-corrected chi connectivity index (χ0v) is 13.6. The number of nitrogens with two attached hydrogens (primary N) is 2. The third kappa shape index (κ3) is 7.23. The van der Waals surface area contributed by atoms with Gasteiger partial charge in [0.25, 0.3) is 5.91 Å². The second-order valence-corrected chi connectivity index (χ2v) is 5.81. The van der Waals surface area contributed by atoms with Crippen LogP contribution in [0.2, 0.25) is 0 Å². The van der Waals surface area contributed by atoms with E-state index < -0.39 is 23.9 Å². The minimum Gasteiger partial charge on any atom is -0.375 e. The second kappa shape index (κ2) is 9.94. The maximum Gasteiger partial charge on any atom is 0.256 e. The van der Waals surface area contributed by atoms with Gasteiger partial charge in [-0.1, -0.05) is 44.2 Å². The Bertz CT molecular complexity index is 493. The van der Waals surface area contributed by atoms with Crippen molar-refractivity contribution in [3.63, 3.8) is 0 Å². The highest BCUT2D eigenvalue weighted by Gasteiger charge is 2.24. The van der Waals surface area contributed by atoms with Gasteiger partial charge in [-0.2, -0.15) is 0 Å². The molecule has 0 aromatic heterocycles. The smallest absolute Gasteiger partial charge is 0.256 e. The van der Waals surface area contributed by atoms with Crippen molar-refractivity contribution in [1.82, 2.24) is 10.7 Å². The van der Waals surface area contributed by atoms with Crippen molar-refractivity contribution in [2.45, 2.75) is 39.0 Å². The molecular formula is C16H26N4O3. The predicted octanol–water partition coefficient (Wildman–Crippen LogP) is 0.0513. The van der Waals surface area contributed by atoms with Crippen LogP contribution in [-0.2, 0) is 20.9 Å². The Morgan fingerprint density at radius 2 is 1.83 bits per heavy atom. The summed E-state index contributed by atoms with van der Waals surface area (Å²) in [5.41, 5.74) is 8.86. The summed E-state index contributed by atoms with van der Waals surface area (Å²) in [7, 11) is 0. The van der Waals surface area contributed by atoms with Crippen molar-refractivity contribution >= 4 is 11.8 Å². The van der Waals surface area contributed by atoms with Crippen LogP contribution in [0.15, 0.2) is 30.3 Å². The number of ether oxygens (including phenoxy) is 1. The monoisotopic (exact) mass is 322 g/mol. The highest BCUT2D eigenvalue weighted by atomic mass is 16.5. The zero-order valence-electron chi connectivity index (χ0n) is 13.6. The van der Waals surface area contributed by atoms with E-state index in [-0.39, 0.29) is 12.5 Å². The Balaban J connectivity index is 2.43. The molecule has 0 spiro atoms. The van der Waals surface area contributed by atoms with E-state index in [2.05, 4.69) is 10.7 Å². The molecule has 0 unspecified atom stereocenters. The molecule has 7 heteroatoms. The lowest BCUT2D eigenvalue weighted by Gasteiger charge is -2.21. The molecule has 0 saturated carbocycles. The number of carbonyl (C=O) groups excluding carboxylic acids is 2. The molecule has 0 aliphatic heterocycles. The molecule has 2 atom stereocenters. The lowest BCUT2D eigenvalue weighted by atomic mass is 10.0. The molecule has 0 saturated heterocycles. The summed E-state index contributed by atoms with van der Waals surface area (Å²) >= 11 is 0. The normalized spacial score (nSPS) is 13.4. The molecule has 128 valence electrons. The Morgan fingerprint density at radius 3 is 2.39 bits per heavy atom. The molecule has 0 aliphatic rings. The van der Waals surface area contributed by atoms with Crippen molar-refractivity contribution in [3.8, 4) is 0 Å². The fourth-order valence-corrected chi connectivity index (χ4v) is 2.04. The Morgan fingerprint density at radius 1 is 1.17 bits per heavy atom. The molecule has 0 radical (unpaired) electrons. The average Bonchev–Trinajstić information content (AvgIpc) is 2.53. The van der Waals surface area contributed by atoms with Gasteiger partial charge in [-0.15, -0.1) is 0 Å². The van der Waals surface area contributed by atoms with Crippen LogP contribution in [0.5, 0.6) is 0 Å². The number of rotatable bonds is 9. The van der Waals surface area contributed by atoms with Gasteiger partial charge in [0.2, 0.25) is 5.91 Å². The van der Waals surface area contributed by atoms with Crippen LogP contribution in [0, 0.1) is 5.92 Å². The van der Waals surface area contributed by atoms with Gasteiger partial charge in [-0.05, 0) is 17.9 Å². The third-order valence-electron chi connectivity index (χ3n) is 3.23. The molecule has 1 aromatic carbocycles. The number of hydrogen-bond donors (Lipinski definition) is 4. The molecule has 6 N–H and O–H groups in total. The van der Waals surface area contributed by atoms with Crippen LogP contribution in [-0.4, -0.2) is 30.5 Å². The van der Waals surface area contributed by atoms with E-state index in [9.17, 15) is 9.59 Å². The van der Waals surface area contributed by atoms with Gasteiger partial charge < -0.3 is 15.8 Å². The first-order valence-electron chi connectivity index (χ1n) is 7.62. The number of benzene rings is 1. The van der Waals surface area contributed by atoms with E-state index >= 15 is 0 Å². The first-order chi connectivity index (χ1) is 10.9. The molecule has 0 fully saturated rings. The molecule has 1 aromatic rings. The summed E-state index contributed by atoms with van der Waals surface area (Å²) in [4.78, 5) is 23.7. The van der Waals surface area contributed by atoms with E-state index in [1.807, 2.05) is 44.2 Å². The average molecular weight is 322 g/mol. The van der Waals surface area contributed by atoms with Gasteiger partial charge in [0.1, 0.15) is 12.1 Å². The Hall–Kier alpha value is -1.96. The van der Waals surface area contributed by atoms with Crippen molar-refractivity contribution < 1.29 is 14.3 Å². The summed E-state index contributed by atoms with van der Waals surface area (Å²) in [6.07, 6.45) is 0.479. The van der Waals surface area contributed by atoms with E-state index in [4.69, 9.17) is 16.3 Å². The van der Waals surface area contributed by atoms with Gasteiger partial charge in [0.05, 0.1) is 13.2 Å². The summed E-state index contributed by atoms with van der Waals surface area (Å²) in [5.74, 6) is 4.49. The SMILES string of the molecule is CC(C)C[C@@H](NC(=O)[C@@H](N)COCc1ccccc1)C(=O)NN. The molecule has 0 bridgehead atoms. The van der Waals surface area contributed by atoms with Crippen LogP contribution in [0.1, 0.15) is 25.8 Å². The van der Waals surface area contributed by atoms with Gasteiger partial charge in [-0.25, -0.2) is 5.84 Å². The van der Waals surface area contributed by atoms with Crippen molar-refractivity contribution in [2.75, 3.05) is 6.61 Å². The van der Waals surface area contributed by atoms with Crippen LogP contribution in [0.4, 0.5) is 0 Å². The summed E-state index contributed by atoms with van der Waals surface area (Å²) in [6.45, 7) is 4.34. The van der Waals surface area contributed by atoms with Crippen LogP contribution < -0.4 is 22.3 Å². The Labute approximate surface area is 136 Å². The first kappa shape index (κ1) is 19.1. The second-order valence-electron chi connectivity index (χ2n) is 5.81. The van der Waals surface area contributed by atoms with E-state index in [1.54, 1.807) is 0 Å². The van der Waals surface area contributed by atoms with Crippen molar-refractivity contribution in [2.24, 2.45) is 17.5 Å². The van der Waals surface area contributed by atoms with Crippen LogP contribution in [0.25, 0.3) is 0 Å². The number of hydrogen-bond acceptors (Lipinski definition) is 5. The standard InChI is InChI=1S/C16H26N4O3/c1-11(2)8-14(16(22)20-18)19-15(21)13(17)10-23-9-12-6-4-3-5-7-12/h3-7,11,13-14H,8-10,17-18H2,1-2H3,(H,19,21)(H,20,22)/t13-,14+/m0/s1. The number of amides is 2. The minimum absolute atomic E-state index is 0.0688. The molecule has 23 heavy (non-hydrogen) atoms. The fourth-order valence-electron chi connectivity index (χ4n) is 2.04. The summed E-state index contributed by atoms with van der Waals surface area (Å²) in [6, 6.07) is 8.04. The molecule has 0 aliphatic carbocycles. The summed E-state index contributed by atoms with van der Waals surface area (Å²) in [5, 5.41) is 2.61. The van der Waals surface area contributed by atoms with Gasteiger partial charge in [-0.3, -0.25) is 15.0 Å². The molecule has 7 nitrogen and oxygen atoms in total. The molecular weight excluding hydrogens is 296 g/mol. The van der Waals surface area contributed by atoms with Gasteiger partial charge >= 0.3 is 0 Å². The highest BCUT2D eigenvalue weighted by molar-refractivity contribution is 5.89. The van der Waals surface area contributed by atoms with Gasteiger partial charge in [0, 0.05) is 0 Å². The van der Waals surface area contributed by atoms with Gasteiger partial charge in [0.15, 0.2) is 0 Å². The lowest BCUT2D eigenvalue weighted by Crippen LogP contribution is -2.54. The fraction of sp³-hybridized carbons (Fsp3) is 0.500. The largest absolute Gasteiger partial charge is 0.375 e. The molecule has 1 rings (SSSR count). The summed E-state index contributed by atoms with van der Waals surface area (Å²) < 4.78 is 5.44. The lowest BCUT2D eigenvalue weighted by molar-refractivity contribution is -0.130. The predicted molar refractivity (Wildman–Crippen MR) is 87.8 cm³/mol. The van der Waals surface area contributed by atoms with Crippen LogP contribution in [0.3, 0.4) is 0 Å². The number of nitrogens with one attached hydrogen (secondary N) is 2. The van der Waals surface area contributed by atoms with Crippen molar-refractivity contribution in [1.29, 1.82) is 0 Å². The molecule has 2 amide bonds. The topological polar surface area (TPSA) is 119 Å². The van der Waals surface area contributed by atoms with E-state index in [0.717, 1.165) is 5.56 Å². The highest BCUT2D eigenvalue weighted by Crippen LogP contribution is 2.05. The Kier molecular flexibility index (Phi) is 8.25. The van der Waals surface area contributed by atoms with E-state index in [0.29, 0.717) is 13.0 Å². The quantitative estimate of drug-likeness (QED) is 0.291. The van der Waals surface area contributed by atoms with E-state index in [1.165, 1.54) is 0 Å². The third-order valence-corrected chi connectivity index (χ3v) is 3.23. The number of hydrazine groups is 1.